The van der Waals surface area contributed by atoms with Crippen LogP contribution in [0.1, 0.15) is 16.1 Å². The minimum atomic E-state index is -0.384. The van der Waals surface area contributed by atoms with E-state index in [2.05, 4.69) is 9.72 Å². The largest absolute Gasteiger partial charge is 0.464 e. The number of aryl methyl sites for hydroxylation is 1. The molecule has 0 aliphatic heterocycles. The zero-order chi connectivity index (χ0) is 11.0. The number of rotatable bonds is 1. The van der Waals surface area contributed by atoms with E-state index in [-0.39, 0.29) is 5.97 Å². The third-order valence-corrected chi connectivity index (χ3v) is 2.45. The highest BCUT2D eigenvalue weighted by atomic mass is 16.5. The fourth-order valence-corrected chi connectivity index (χ4v) is 1.60. The first-order valence-corrected chi connectivity index (χ1v) is 4.59. The first-order chi connectivity index (χ1) is 7.13. The van der Waals surface area contributed by atoms with Gasteiger partial charge in [0.25, 0.3) is 0 Å². The van der Waals surface area contributed by atoms with Crippen LogP contribution in [0.4, 0.5) is 5.69 Å². The molecule has 1 aromatic heterocycles. The first kappa shape index (κ1) is 9.58. The van der Waals surface area contributed by atoms with E-state index in [4.69, 9.17) is 5.73 Å². The number of methoxy groups -OCH3 is 1. The fourth-order valence-electron chi connectivity index (χ4n) is 1.60. The molecule has 0 aliphatic rings. The number of anilines is 1. The third-order valence-electron chi connectivity index (χ3n) is 2.45. The van der Waals surface area contributed by atoms with Gasteiger partial charge in [-0.15, -0.1) is 0 Å². The summed E-state index contributed by atoms with van der Waals surface area (Å²) in [5, 5.41) is 0.954. The lowest BCUT2D eigenvalue weighted by molar-refractivity contribution is 0.0595. The maximum absolute atomic E-state index is 11.3. The summed E-state index contributed by atoms with van der Waals surface area (Å²) in [5.74, 6) is -0.384. The molecule has 0 radical (unpaired) electrons. The minimum absolute atomic E-state index is 0.384. The molecule has 0 amide bonds. The number of esters is 1. The van der Waals surface area contributed by atoms with Gasteiger partial charge in [0.2, 0.25) is 0 Å². The molecular formula is C11H12N2O2. The highest BCUT2D eigenvalue weighted by molar-refractivity contribution is 5.99. The Morgan fingerprint density at radius 2 is 2.20 bits per heavy atom. The van der Waals surface area contributed by atoms with Gasteiger partial charge in [0.15, 0.2) is 0 Å². The molecule has 0 fully saturated rings. The van der Waals surface area contributed by atoms with Gasteiger partial charge < -0.3 is 15.5 Å². The normalized spacial score (nSPS) is 10.5. The Bertz CT molecular complexity index is 490. The van der Waals surface area contributed by atoms with Crippen LogP contribution in [-0.2, 0) is 4.74 Å². The van der Waals surface area contributed by atoms with Gasteiger partial charge in [-0.2, -0.15) is 0 Å². The number of fused-ring (bicyclic) bond motifs is 1. The van der Waals surface area contributed by atoms with E-state index in [1.165, 1.54) is 7.11 Å². The SMILES string of the molecule is COC(=O)c1cc2c(C)ccc(N)c2[nH]1. The van der Waals surface area contributed by atoms with Gasteiger partial charge >= 0.3 is 5.97 Å². The molecule has 1 heterocycles. The van der Waals surface area contributed by atoms with E-state index in [0.717, 1.165) is 16.5 Å². The molecule has 0 saturated heterocycles. The molecule has 0 bridgehead atoms. The Labute approximate surface area is 87.0 Å². The Hall–Kier alpha value is -1.97. The maximum atomic E-state index is 11.3. The van der Waals surface area contributed by atoms with Crippen LogP contribution >= 0.6 is 0 Å². The number of nitrogens with one attached hydrogen (secondary N) is 1. The third kappa shape index (κ3) is 1.44. The summed E-state index contributed by atoms with van der Waals surface area (Å²) in [6.45, 7) is 1.97. The number of H-pyrrole nitrogens is 1. The van der Waals surface area contributed by atoms with Crippen LogP contribution in [0.5, 0.6) is 0 Å². The number of carbonyl (C=O) groups excluding carboxylic acids is 1. The number of carbonyl (C=O) groups is 1. The standard InChI is InChI=1S/C11H12N2O2/c1-6-3-4-8(12)10-7(6)5-9(13-10)11(14)15-2/h3-5,13H,12H2,1-2H3. The van der Waals surface area contributed by atoms with Gasteiger partial charge in [0.1, 0.15) is 5.69 Å². The molecule has 2 rings (SSSR count). The summed E-state index contributed by atoms with van der Waals surface area (Å²) in [5.41, 5.74) is 8.71. The van der Waals surface area contributed by atoms with Crippen LogP contribution in [-0.4, -0.2) is 18.1 Å². The molecule has 2 aromatic rings. The summed E-state index contributed by atoms with van der Waals surface area (Å²) < 4.78 is 4.63. The Kier molecular flexibility index (Phi) is 2.11. The summed E-state index contributed by atoms with van der Waals surface area (Å²) in [6, 6.07) is 5.49. The Balaban J connectivity index is 2.70. The molecule has 0 atom stereocenters. The monoisotopic (exact) mass is 204 g/mol. The first-order valence-electron chi connectivity index (χ1n) is 4.59. The van der Waals surface area contributed by atoms with Crippen LogP contribution in [0, 0.1) is 6.92 Å². The van der Waals surface area contributed by atoms with Crippen LogP contribution in [0.3, 0.4) is 0 Å². The average Bonchev–Trinajstić information content (AvgIpc) is 2.68. The van der Waals surface area contributed by atoms with Gasteiger partial charge in [-0.05, 0) is 24.6 Å². The second-order valence-corrected chi connectivity index (χ2v) is 3.43. The van der Waals surface area contributed by atoms with Crippen LogP contribution < -0.4 is 5.73 Å². The highest BCUT2D eigenvalue weighted by Gasteiger charge is 2.11. The maximum Gasteiger partial charge on any atom is 0.354 e. The quantitative estimate of drug-likeness (QED) is 0.550. The van der Waals surface area contributed by atoms with Crippen molar-refractivity contribution in [3.05, 3.63) is 29.5 Å². The van der Waals surface area contributed by atoms with E-state index >= 15 is 0 Å². The molecule has 78 valence electrons. The molecule has 4 heteroatoms. The van der Waals surface area contributed by atoms with Crippen molar-refractivity contribution in [1.82, 2.24) is 4.98 Å². The molecule has 0 aliphatic carbocycles. The second kappa shape index (κ2) is 3.31. The van der Waals surface area contributed by atoms with Crippen LogP contribution in [0.15, 0.2) is 18.2 Å². The van der Waals surface area contributed by atoms with Gasteiger partial charge in [-0.3, -0.25) is 0 Å². The number of aromatic amines is 1. The van der Waals surface area contributed by atoms with E-state index in [1.807, 2.05) is 19.1 Å². The zero-order valence-corrected chi connectivity index (χ0v) is 8.63. The number of nitrogen functional groups attached to an aromatic ring is 1. The van der Waals surface area contributed by atoms with Crippen molar-refractivity contribution in [2.45, 2.75) is 6.92 Å². The van der Waals surface area contributed by atoms with Crippen molar-refractivity contribution < 1.29 is 9.53 Å². The van der Waals surface area contributed by atoms with E-state index in [9.17, 15) is 4.79 Å². The number of hydrogen-bond acceptors (Lipinski definition) is 3. The number of nitrogens with two attached hydrogens (primary N) is 1. The van der Waals surface area contributed by atoms with Crippen molar-refractivity contribution in [3.63, 3.8) is 0 Å². The molecule has 3 N–H and O–H groups in total. The van der Waals surface area contributed by atoms with Crippen molar-refractivity contribution in [2.24, 2.45) is 0 Å². The van der Waals surface area contributed by atoms with Crippen LogP contribution in [0.2, 0.25) is 0 Å². The number of hydrogen-bond donors (Lipinski definition) is 2. The van der Waals surface area contributed by atoms with E-state index in [0.29, 0.717) is 11.4 Å². The topological polar surface area (TPSA) is 68.1 Å². The van der Waals surface area contributed by atoms with Gasteiger partial charge in [-0.25, -0.2) is 4.79 Å². The van der Waals surface area contributed by atoms with Crippen molar-refractivity contribution >= 4 is 22.6 Å². The molecule has 0 saturated carbocycles. The molecule has 0 unspecified atom stereocenters. The molecule has 1 aromatic carbocycles. The zero-order valence-electron chi connectivity index (χ0n) is 8.63. The Morgan fingerprint density at radius 3 is 2.80 bits per heavy atom. The highest BCUT2D eigenvalue weighted by Crippen LogP contribution is 2.24. The lowest BCUT2D eigenvalue weighted by atomic mass is 10.1. The van der Waals surface area contributed by atoms with Crippen molar-refractivity contribution in [1.29, 1.82) is 0 Å². The predicted molar refractivity (Wildman–Crippen MR) is 58.8 cm³/mol. The number of benzene rings is 1. The van der Waals surface area contributed by atoms with Gasteiger partial charge in [0, 0.05) is 5.39 Å². The van der Waals surface area contributed by atoms with Gasteiger partial charge in [-0.1, -0.05) is 6.07 Å². The summed E-state index contributed by atoms with van der Waals surface area (Å²) in [7, 11) is 1.35. The molecular weight excluding hydrogens is 192 g/mol. The van der Waals surface area contributed by atoms with Crippen LogP contribution in [0.25, 0.3) is 10.9 Å². The summed E-state index contributed by atoms with van der Waals surface area (Å²) >= 11 is 0. The number of ether oxygens (including phenoxy) is 1. The molecule has 0 spiro atoms. The summed E-state index contributed by atoms with van der Waals surface area (Å²) in [6.07, 6.45) is 0. The average molecular weight is 204 g/mol. The van der Waals surface area contributed by atoms with Crippen molar-refractivity contribution in [2.75, 3.05) is 12.8 Å². The molecule has 4 nitrogen and oxygen atoms in total. The fraction of sp³-hybridized carbons (Fsp3) is 0.182. The second-order valence-electron chi connectivity index (χ2n) is 3.43. The summed E-state index contributed by atoms with van der Waals surface area (Å²) in [4.78, 5) is 14.3. The lowest BCUT2D eigenvalue weighted by Gasteiger charge is -1.98. The molecule has 15 heavy (non-hydrogen) atoms. The van der Waals surface area contributed by atoms with Crippen molar-refractivity contribution in [3.8, 4) is 0 Å². The predicted octanol–water partition coefficient (Wildman–Crippen LogP) is 1.85. The number of aromatic nitrogens is 1. The van der Waals surface area contributed by atoms with Gasteiger partial charge in [0.05, 0.1) is 18.3 Å². The Morgan fingerprint density at radius 1 is 1.47 bits per heavy atom. The minimum Gasteiger partial charge on any atom is -0.464 e. The smallest absolute Gasteiger partial charge is 0.354 e. The van der Waals surface area contributed by atoms with E-state index in [1.54, 1.807) is 6.07 Å². The van der Waals surface area contributed by atoms with E-state index < -0.39 is 0 Å². The lowest BCUT2D eigenvalue weighted by Crippen LogP contribution is -2.00.